The van der Waals surface area contributed by atoms with Crippen molar-refractivity contribution in [3.05, 3.63) is 72.9 Å². The van der Waals surface area contributed by atoms with Gasteiger partial charge in [0.1, 0.15) is 18.8 Å². The maximum Gasteiger partial charge on any atom is 0.335 e. The molecule has 0 aromatic heterocycles. The second kappa shape index (κ2) is 47.2. The molecule has 12 nitrogen and oxygen atoms in total. The van der Waals surface area contributed by atoms with Crippen molar-refractivity contribution in [2.45, 2.75) is 263 Å². The Morgan fingerprint density at radius 2 is 0.887 bits per heavy atom. The minimum absolute atomic E-state index is 0.0646. The van der Waals surface area contributed by atoms with Crippen LogP contribution < -0.4 is 0 Å². The van der Waals surface area contributed by atoms with Crippen LogP contribution in [0, 0.1) is 0 Å². The number of carbonyl (C=O) groups excluding carboxylic acids is 3. The molecule has 1 fully saturated rings. The number of hydrogen-bond acceptors (Lipinski definition) is 11. The summed E-state index contributed by atoms with van der Waals surface area (Å²) in [6.07, 6.45) is 46.1. The fraction of sp³-hybridized carbons (Fsp3) is 0.729. The Labute approximate surface area is 429 Å². The smallest absolute Gasteiger partial charge is 0.335 e. The van der Waals surface area contributed by atoms with Gasteiger partial charge in [0.05, 0.1) is 6.61 Å². The molecule has 71 heavy (non-hydrogen) atoms. The SMILES string of the molecule is CC/C=C\C/C=C\C/C=C\C/C=C\C/C=C\C/C=C\CCC(=O)OC1C(OCC(COC(=O)CCCCCCCCCCCCC)OC(=O)CCCCCCCCCCCCC)OC(C(=O)O)C(O)C1O. The first-order valence-corrected chi connectivity index (χ1v) is 27.9. The van der Waals surface area contributed by atoms with Crippen LogP contribution in [-0.2, 0) is 42.9 Å². The van der Waals surface area contributed by atoms with E-state index in [1.807, 2.05) is 18.2 Å². The summed E-state index contributed by atoms with van der Waals surface area (Å²) in [7, 11) is 0. The average Bonchev–Trinajstić information content (AvgIpc) is 3.35. The molecule has 0 saturated carbocycles. The molecular weight excluding hydrogens is 901 g/mol. The van der Waals surface area contributed by atoms with Gasteiger partial charge in [0.15, 0.2) is 24.6 Å². The zero-order valence-corrected chi connectivity index (χ0v) is 44.4. The standard InChI is InChI=1S/C59H98O12/c1-4-7-10-13-16-19-22-23-24-25-26-27-28-29-32-35-38-41-44-47-53(62)70-57-55(64)54(63)56(58(65)66)71-59(57)68-49-50(69-52(61)46-43-40-37-34-31-21-18-15-12-9-6-3)48-67-51(60)45-42-39-36-33-30-20-17-14-11-8-5-2/h7,10,16,19,23-24,26-27,29,32,38,41,50,54-57,59,63-64H,4-6,8-9,11-15,17-18,20-22,25,28,30-31,33-37,39-40,42-49H2,1-3H3,(H,65,66)/b10-7-,19-16-,24-23-,27-26-,32-29-,41-38-. The molecule has 0 amide bonds. The molecule has 0 spiro atoms. The molecule has 6 unspecified atom stereocenters. The molecule has 1 rings (SSSR count). The highest BCUT2D eigenvalue weighted by molar-refractivity contribution is 5.74. The molecule has 1 aliphatic rings. The van der Waals surface area contributed by atoms with Gasteiger partial charge in [-0.25, -0.2) is 4.79 Å². The number of aliphatic hydroxyl groups excluding tert-OH is 2. The van der Waals surface area contributed by atoms with Gasteiger partial charge < -0.3 is 39.0 Å². The second-order valence-electron chi connectivity index (χ2n) is 18.9. The molecule has 6 atom stereocenters. The monoisotopic (exact) mass is 999 g/mol. The van der Waals surface area contributed by atoms with Crippen LogP contribution in [0.15, 0.2) is 72.9 Å². The van der Waals surface area contributed by atoms with E-state index in [2.05, 4.69) is 75.5 Å². The number of carboxylic acids is 1. The molecule has 0 aromatic rings. The summed E-state index contributed by atoms with van der Waals surface area (Å²) >= 11 is 0. The van der Waals surface area contributed by atoms with Gasteiger partial charge in [-0.15, -0.1) is 0 Å². The number of unbranched alkanes of at least 4 members (excludes halogenated alkanes) is 20. The lowest BCUT2D eigenvalue weighted by molar-refractivity contribution is -0.301. The number of rotatable bonds is 46. The highest BCUT2D eigenvalue weighted by atomic mass is 16.7. The highest BCUT2D eigenvalue weighted by Gasteiger charge is 2.50. The van der Waals surface area contributed by atoms with Gasteiger partial charge in [-0.2, -0.15) is 0 Å². The number of carbonyl (C=O) groups is 4. The van der Waals surface area contributed by atoms with E-state index in [1.54, 1.807) is 0 Å². The Balaban J connectivity index is 2.73. The van der Waals surface area contributed by atoms with Crippen LogP contribution in [-0.4, -0.2) is 89.2 Å². The lowest BCUT2D eigenvalue weighted by Gasteiger charge is -2.40. The van der Waals surface area contributed by atoms with E-state index in [-0.39, 0.29) is 25.9 Å². The van der Waals surface area contributed by atoms with Crippen molar-refractivity contribution in [3.8, 4) is 0 Å². The van der Waals surface area contributed by atoms with Gasteiger partial charge in [0.25, 0.3) is 0 Å². The molecule has 3 N–H and O–H groups in total. The number of allylic oxidation sites excluding steroid dienone is 12. The molecule has 12 heteroatoms. The van der Waals surface area contributed by atoms with Crippen LogP contribution in [0.4, 0.5) is 0 Å². The molecule has 1 heterocycles. The van der Waals surface area contributed by atoms with E-state index in [1.165, 1.54) is 89.9 Å². The van der Waals surface area contributed by atoms with Gasteiger partial charge in [0, 0.05) is 19.3 Å². The lowest BCUT2D eigenvalue weighted by Crippen LogP contribution is -2.61. The Bertz CT molecular complexity index is 1510. The summed E-state index contributed by atoms with van der Waals surface area (Å²) in [5, 5.41) is 31.4. The molecule has 0 bridgehead atoms. The van der Waals surface area contributed by atoms with Gasteiger partial charge in [-0.05, 0) is 57.8 Å². The third-order valence-electron chi connectivity index (χ3n) is 12.3. The zero-order chi connectivity index (χ0) is 51.8. The first kappa shape index (κ1) is 65.2. The summed E-state index contributed by atoms with van der Waals surface area (Å²) in [4.78, 5) is 50.9. The summed E-state index contributed by atoms with van der Waals surface area (Å²) in [5.74, 6) is -3.22. The van der Waals surface area contributed by atoms with Crippen LogP contribution in [0.25, 0.3) is 0 Å². The van der Waals surface area contributed by atoms with Crippen molar-refractivity contribution in [1.29, 1.82) is 0 Å². The number of aliphatic carboxylic acids is 1. The minimum atomic E-state index is -1.93. The molecule has 1 saturated heterocycles. The second-order valence-corrected chi connectivity index (χ2v) is 18.9. The summed E-state index contributed by atoms with van der Waals surface area (Å²) < 4.78 is 28.2. The fourth-order valence-corrected chi connectivity index (χ4v) is 8.04. The average molecular weight is 999 g/mol. The molecule has 406 valence electrons. The van der Waals surface area contributed by atoms with Gasteiger partial charge in [0.2, 0.25) is 0 Å². The van der Waals surface area contributed by atoms with E-state index in [9.17, 15) is 34.5 Å². The third kappa shape index (κ3) is 37.6. The Hall–Kier alpha value is -3.84. The number of esters is 3. The number of ether oxygens (including phenoxy) is 5. The minimum Gasteiger partial charge on any atom is -0.479 e. The Morgan fingerprint density at radius 3 is 1.32 bits per heavy atom. The Morgan fingerprint density at radius 1 is 0.479 bits per heavy atom. The van der Waals surface area contributed by atoms with Gasteiger partial charge >= 0.3 is 23.9 Å². The van der Waals surface area contributed by atoms with Crippen molar-refractivity contribution >= 4 is 23.9 Å². The predicted molar refractivity (Wildman–Crippen MR) is 285 cm³/mol. The van der Waals surface area contributed by atoms with Crippen LogP contribution in [0.3, 0.4) is 0 Å². The fourth-order valence-electron chi connectivity index (χ4n) is 8.04. The summed E-state index contributed by atoms with van der Waals surface area (Å²) in [6, 6.07) is 0. The van der Waals surface area contributed by atoms with E-state index < -0.39 is 67.3 Å². The van der Waals surface area contributed by atoms with Crippen LogP contribution >= 0.6 is 0 Å². The van der Waals surface area contributed by atoms with Crippen molar-refractivity contribution in [1.82, 2.24) is 0 Å². The van der Waals surface area contributed by atoms with Crippen LogP contribution in [0.2, 0.25) is 0 Å². The van der Waals surface area contributed by atoms with E-state index in [0.717, 1.165) is 70.6 Å². The third-order valence-corrected chi connectivity index (χ3v) is 12.3. The summed E-state index contributed by atoms with van der Waals surface area (Å²) in [6.45, 7) is 5.82. The predicted octanol–water partition coefficient (Wildman–Crippen LogP) is 13.8. The molecule has 1 aliphatic heterocycles. The highest BCUT2D eigenvalue weighted by Crippen LogP contribution is 2.26. The number of carboxylic acid groups (broad SMARTS) is 1. The molecular formula is C59H98O12. The normalized spacial score (nSPS) is 19.0. The number of aliphatic hydroxyl groups is 2. The largest absolute Gasteiger partial charge is 0.479 e. The topological polar surface area (TPSA) is 175 Å². The molecule has 0 aliphatic carbocycles. The molecule has 0 radical (unpaired) electrons. The van der Waals surface area contributed by atoms with E-state index in [0.29, 0.717) is 25.7 Å². The zero-order valence-electron chi connectivity index (χ0n) is 44.4. The number of hydrogen-bond donors (Lipinski definition) is 3. The van der Waals surface area contributed by atoms with Crippen LogP contribution in [0.5, 0.6) is 0 Å². The maximum absolute atomic E-state index is 13.1. The van der Waals surface area contributed by atoms with E-state index >= 15 is 0 Å². The van der Waals surface area contributed by atoms with Crippen molar-refractivity contribution in [3.63, 3.8) is 0 Å². The van der Waals surface area contributed by atoms with Crippen molar-refractivity contribution < 1.29 is 58.2 Å². The van der Waals surface area contributed by atoms with Crippen molar-refractivity contribution in [2.75, 3.05) is 13.2 Å². The quantitative estimate of drug-likeness (QED) is 0.0228. The maximum atomic E-state index is 13.1. The van der Waals surface area contributed by atoms with Crippen molar-refractivity contribution in [2.24, 2.45) is 0 Å². The Kier molecular flexibility index (Phi) is 43.3. The van der Waals surface area contributed by atoms with Gasteiger partial charge in [-0.1, -0.05) is 222 Å². The lowest BCUT2D eigenvalue weighted by atomic mass is 9.98. The van der Waals surface area contributed by atoms with Crippen LogP contribution in [0.1, 0.15) is 226 Å². The first-order chi connectivity index (χ1) is 34.6. The summed E-state index contributed by atoms with van der Waals surface area (Å²) in [5.41, 5.74) is 0. The molecule has 0 aromatic carbocycles. The van der Waals surface area contributed by atoms with E-state index in [4.69, 9.17) is 23.7 Å². The first-order valence-electron chi connectivity index (χ1n) is 27.9. The van der Waals surface area contributed by atoms with Gasteiger partial charge in [-0.3, -0.25) is 14.4 Å².